The molecule has 3 rings (SSSR count). The van der Waals surface area contributed by atoms with E-state index in [4.69, 9.17) is 12.2 Å². The first-order valence-corrected chi connectivity index (χ1v) is 8.70. The minimum Gasteiger partial charge on any atom is -0.356 e. The highest BCUT2D eigenvalue weighted by Crippen LogP contribution is 2.34. The van der Waals surface area contributed by atoms with Crippen LogP contribution >= 0.6 is 23.6 Å². The number of benzene rings is 1. The molecule has 1 aromatic carbocycles. The van der Waals surface area contributed by atoms with E-state index in [1.54, 1.807) is 0 Å². The zero-order chi connectivity index (χ0) is 14.7. The number of hydrogen-bond donors (Lipinski definition) is 1. The van der Waals surface area contributed by atoms with E-state index in [0.717, 1.165) is 11.7 Å². The summed E-state index contributed by atoms with van der Waals surface area (Å²) >= 11 is 7.49. The van der Waals surface area contributed by atoms with Crippen LogP contribution in [0.25, 0.3) is 0 Å². The SMILES string of the molecule is C[C@H](NC(=S)N1CCC[C@@H]1c1cccs1)c1ccccc1. The van der Waals surface area contributed by atoms with Gasteiger partial charge in [0.05, 0.1) is 12.1 Å². The van der Waals surface area contributed by atoms with E-state index in [1.165, 1.54) is 23.3 Å². The maximum atomic E-state index is 5.66. The quantitative estimate of drug-likeness (QED) is 0.838. The van der Waals surface area contributed by atoms with Gasteiger partial charge in [-0.15, -0.1) is 11.3 Å². The Labute approximate surface area is 135 Å². The lowest BCUT2D eigenvalue weighted by Crippen LogP contribution is -2.40. The second kappa shape index (κ2) is 6.58. The molecule has 2 nitrogen and oxygen atoms in total. The molecule has 1 aliphatic heterocycles. The summed E-state index contributed by atoms with van der Waals surface area (Å²) < 4.78 is 0. The minimum absolute atomic E-state index is 0.239. The summed E-state index contributed by atoms with van der Waals surface area (Å²) in [4.78, 5) is 3.77. The van der Waals surface area contributed by atoms with Gasteiger partial charge in [-0.05, 0) is 49.0 Å². The van der Waals surface area contributed by atoms with Gasteiger partial charge in [-0.2, -0.15) is 0 Å². The van der Waals surface area contributed by atoms with Crippen LogP contribution in [0, 0.1) is 0 Å². The van der Waals surface area contributed by atoms with Crippen molar-refractivity contribution >= 4 is 28.7 Å². The van der Waals surface area contributed by atoms with Gasteiger partial charge in [0.25, 0.3) is 0 Å². The van der Waals surface area contributed by atoms with Gasteiger partial charge in [0.1, 0.15) is 0 Å². The fourth-order valence-electron chi connectivity index (χ4n) is 2.88. The molecule has 0 radical (unpaired) electrons. The number of nitrogens with zero attached hydrogens (tertiary/aromatic N) is 1. The molecule has 0 amide bonds. The molecule has 1 aromatic heterocycles. The number of hydrogen-bond acceptors (Lipinski definition) is 2. The van der Waals surface area contributed by atoms with Gasteiger partial charge in [-0.25, -0.2) is 0 Å². The highest BCUT2D eigenvalue weighted by molar-refractivity contribution is 7.80. The predicted molar refractivity (Wildman–Crippen MR) is 93.6 cm³/mol. The average molecular weight is 316 g/mol. The normalized spacial score (nSPS) is 19.5. The molecular weight excluding hydrogens is 296 g/mol. The molecule has 0 aliphatic carbocycles. The Bertz CT molecular complexity index is 580. The van der Waals surface area contributed by atoms with Crippen LogP contribution in [0.3, 0.4) is 0 Å². The Hall–Kier alpha value is -1.39. The van der Waals surface area contributed by atoms with Gasteiger partial charge >= 0.3 is 0 Å². The smallest absolute Gasteiger partial charge is 0.169 e. The maximum Gasteiger partial charge on any atom is 0.169 e. The summed E-state index contributed by atoms with van der Waals surface area (Å²) in [5, 5.41) is 6.52. The molecule has 2 atom stereocenters. The van der Waals surface area contributed by atoms with Crippen molar-refractivity contribution in [3.63, 3.8) is 0 Å². The molecule has 0 spiro atoms. The molecule has 21 heavy (non-hydrogen) atoms. The number of rotatable bonds is 3. The largest absolute Gasteiger partial charge is 0.356 e. The minimum atomic E-state index is 0.239. The highest BCUT2D eigenvalue weighted by Gasteiger charge is 2.29. The van der Waals surface area contributed by atoms with Crippen LogP contribution in [0.2, 0.25) is 0 Å². The highest BCUT2D eigenvalue weighted by atomic mass is 32.1. The standard InChI is InChI=1S/C17H20N2S2/c1-13(14-7-3-2-4-8-14)18-17(20)19-11-5-9-15(19)16-10-6-12-21-16/h2-4,6-8,10,12-13,15H,5,9,11H2,1H3,(H,18,20)/t13-,15+/m0/s1. The van der Waals surface area contributed by atoms with Gasteiger partial charge in [0.15, 0.2) is 5.11 Å². The summed E-state index contributed by atoms with van der Waals surface area (Å²) in [7, 11) is 0. The maximum absolute atomic E-state index is 5.66. The van der Waals surface area contributed by atoms with Crippen molar-refractivity contribution in [1.29, 1.82) is 0 Å². The van der Waals surface area contributed by atoms with Crippen LogP contribution in [0.15, 0.2) is 47.8 Å². The summed E-state index contributed by atoms with van der Waals surface area (Å²) in [6.07, 6.45) is 2.41. The number of nitrogens with one attached hydrogen (secondary N) is 1. The van der Waals surface area contributed by atoms with E-state index in [0.29, 0.717) is 6.04 Å². The van der Waals surface area contributed by atoms with Crippen molar-refractivity contribution in [2.24, 2.45) is 0 Å². The van der Waals surface area contributed by atoms with Crippen LogP contribution in [0.1, 0.15) is 42.3 Å². The van der Waals surface area contributed by atoms with Crippen molar-refractivity contribution in [1.82, 2.24) is 10.2 Å². The second-order valence-electron chi connectivity index (χ2n) is 5.45. The summed E-state index contributed by atoms with van der Waals surface area (Å²) in [5.74, 6) is 0. The molecule has 1 N–H and O–H groups in total. The van der Waals surface area contributed by atoms with Gasteiger partial charge in [-0.1, -0.05) is 36.4 Å². The van der Waals surface area contributed by atoms with Gasteiger partial charge in [0.2, 0.25) is 0 Å². The zero-order valence-corrected chi connectivity index (χ0v) is 13.8. The third kappa shape index (κ3) is 3.27. The topological polar surface area (TPSA) is 15.3 Å². The van der Waals surface area contributed by atoms with Crippen molar-refractivity contribution in [3.05, 3.63) is 58.3 Å². The third-order valence-corrected chi connectivity index (χ3v) is 5.35. The van der Waals surface area contributed by atoms with Crippen LogP contribution in [0.4, 0.5) is 0 Å². The van der Waals surface area contributed by atoms with Crippen molar-refractivity contribution in [2.45, 2.75) is 31.8 Å². The van der Waals surface area contributed by atoms with E-state index >= 15 is 0 Å². The fourth-order valence-corrected chi connectivity index (χ4v) is 4.15. The monoisotopic (exact) mass is 316 g/mol. The number of likely N-dealkylation sites (tertiary alicyclic amines) is 1. The van der Waals surface area contributed by atoms with Crippen LogP contribution in [-0.2, 0) is 0 Å². The summed E-state index contributed by atoms with van der Waals surface area (Å²) in [5.41, 5.74) is 1.27. The second-order valence-corrected chi connectivity index (χ2v) is 6.81. The van der Waals surface area contributed by atoms with E-state index < -0.39 is 0 Å². The molecule has 0 saturated carbocycles. The van der Waals surface area contributed by atoms with Gasteiger partial charge < -0.3 is 10.2 Å². The first-order valence-electron chi connectivity index (χ1n) is 7.41. The number of thiocarbonyl (C=S) groups is 1. The summed E-state index contributed by atoms with van der Waals surface area (Å²) in [6.45, 7) is 3.22. The first kappa shape index (κ1) is 14.5. The van der Waals surface area contributed by atoms with Crippen LogP contribution in [-0.4, -0.2) is 16.6 Å². The van der Waals surface area contributed by atoms with Crippen LogP contribution < -0.4 is 5.32 Å². The van der Waals surface area contributed by atoms with E-state index in [9.17, 15) is 0 Å². The molecular formula is C17H20N2S2. The first-order chi connectivity index (χ1) is 10.3. The fraction of sp³-hybridized carbons (Fsp3) is 0.353. The van der Waals surface area contributed by atoms with Crippen LogP contribution in [0.5, 0.6) is 0 Å². The van der Waals surface area contributed by atoms with Crippen molar-refractivity contribution in [2.75, 3.05) is 6.54 Å². The lowest BCUT2D eigenvalue weighted by molar-refractivity contribution is 0.393. The Morgan fingerprint density at radius 2 is 2.10 bits per heavy atom. The molecule has 110 valence electrons. The van der Waals surface area contributed by atoms with E-state index in [2.05, 4.69) is 58.9 Å². The zero-order valence-electron chi connectivity index (χ0n) is 12.2. The Balaban J connectivity index is 1.67. The number of thiophene rings is 1. The lowest BCUT2D eigenvalue weighted by Gasteiger charge is -2.29. The third-order valence-electron chi connectivity index (χ3n) is 4.02. The molecule has 0 unspecified atom stereocenters. The van der Waals surface area contributed by atoms with E-state index in [1.807, 2.05) is 17.4 Å². The molecule has 1 saturated heterocycles. The van der Waals surface area contributed by atoms with Crippen molar-refractivity contribution in [3.8, 4) is 0 Å². The Kier molecular flexibility index (Phi) is 4.56. The molecule has 1 fully saturated rings. The lowest BCUT2D eigenvalue weighted by atomic mass is 10.1. The molecule has 0 bridgehead atoms. The van der Waals surface area contributed by atoms with Gasteiger partial charge in [0, 0.05) is 11.4 Å². The molecule has 1 aliphatic rings. The van der Waals surface area contributed by atoms with E-state index in [-0.39, 0.29) is 6.04 Å². The van der Waals surface area contributed by atoms with Gasteiger partial charge in [-0.3, -0.25) is 0 Å². The average Bonchev–Trinajstić information content (AvgIpc) is 3.18. The Morgan fingerprint density at radius 3 is 2.81 bits per heavy atom. The molecule has 4 heteroatoms. The molecule has 2 heterocycles. The summed E-state index contributed by atoms with van der Waals surface area (Å²) in [6, 6.07) is 15.5. The van der Waals surface area contributed by atoms with Crippen molar-refractivity contribution < 1.29 is 0 Å². The Morgan fingerprint density at radius 1 is 1.29 bits per heavy atom. The predicted octanol–water partition coefficient (Wildman–Crippen LogP) is 4.52. The molecule has 2 aromatic rings.